The van der Waals surface area contributed by atoms with Crippen LogP contribution in [0.5, 0.6) is 11.5 Å². The van der Waals surface area contributed by atoms with Gasteiger partial charge in [-0.15, -0.1) is 0 Å². The molecule has 0 radical (unpaired) electrons. The molecule has 0 spiro atoms. The topological polar surface area (TPSA) is 56.8 Å². The smallest absolute Gasteiger partial charge is 0.305 e. The van der Waals surface area contributed by atoms with Crippen LogP contribution in [0.15, 0.2) is 42.5 Å². The number of hydrogen-bond acceptors (Lipinski definition) is 5. The molecule has 0 fully saturated rings. The molecule has 0 saturated carbocycles. The van der Waals surface area contributed by atoms with Crippen LogP contribution in [-0.4, -0.2) is 33.8 Å². The third kappa shape index (κ3) is 4.41. The lowest BCUT2D eigenvalue weighted by molar-refractivity contribution is -0.140. The van der Waals surface area contributed by atoms with E-state index >= 15 is 0 Å². The highest BCUT2D eigenvalue weighted by Crippen LogP contribution is 2.35. The zero-order valence-corrected chi connectivity index (χ0v) is 14.3. The maximum Gasteiger partial charge on any atom is 0.305 e. The predicted octanol–water partition coefficient (Wildman–Crippen LogP) is 3.74. The molecule has 2 aromatic carbocycles. The molecule has 0 bridgehead atoms. The molecule has 1 N–H and O–H groups in total. The maximum atomic E-state index is 11.2. The van der Waals surface area contributed by atoms with Crippen LogP contribution in [-0.2, 0) is 9.53 Å². The third-order valence-electron chi connectivity index (χ3n) is 3.72. The molecule has 24 heavy (non-hydrogen) atoms. The second-order valence-corrected chi connectivity index (χ2v) is 5.22. The molecular weight excluding hydrogens is 306 g/mol. The molecule has 2 aromatic rings. The highest BCUT2D eigenvalue weighted by atomic mass is 16.5. The Morgan fingerprint density at radius 1 is 1.00 bits per heavy atom. The number of carbonyl (C=O) groups is 1. The summed E-state index contributed by atoms with van der Waals surface area (Å²) >= 11 is 0. The van der Waals surface area contributed by atoms with Crippen LogP contribution in [0.1, 0.15) is 12.8 Å². The number of rotatable bonds is 8. The van der Waals surface area contributed by atoms with Crippen molar-refractivity contribution in [3.05, 3.63) is 42.5 Å². The highest BCUT2D eigenvalue weighted by Gasteiger charge is 2.09. The van der Waals surface area contributed by atoms with E-state index < -0.39 is 0 Å². The van der Waals surface area contributed by atoms with Crippen molar-refractivity contribution in [1.29, 1.82) is 0 Å². The lowest BCUT2D eigenvalue weighted by Gasteiger charge is -2.14. The Kier molecular flexibility index (Phi) is 6.49. The number of carbonyl (C=O) groups excluding carboxylic acids is 1. The lowest BCUT2D eigenvalue weighted by Crippen LogP contribution is -2.07. The molecule has 0 unspecified atom stereocenters. The average Bonchev–Trinajstić information content (AvgIpc) is 2.64. The molecule has 0 aliphatic rings. The Hall–Kier alpha value is -2.69. The van der Waals surface area contributed by atoms with Crippen LogP contribution in [0, 0.1) is 0 Å². The van der Waals surface area contributed by atoms with E-state index in [0.29, 0.717) is 30.9 Å². The Morgan fingerprint density at radius 2 is 1.75 bits per heavy atom. The Bertz CT molecular complexity index is 685. The monoisotopic (exact) mass is 329 g/mol. The van der Waals surface area contributed by atoms with Crippen LogP contribution in [0.3, 0.4) is 0 Å². The van der Waals surface area contributed by atoms with Crippen molar-refractivity contribution in [2.24, 2.45) is 0 Å². The van der Waals surface area contributed by atoms with Gasteiger partial charge < -0.3 is 19.5 Å². The average molecular weight is 329 g/mol. The fourth-order valence-corrected chi connectivity index (χ4v) is 2.45. The summed E-state index contributed by atoms with van der Waals surface area (Å²) in [5.41, 5.74) is 3.11. The van der Waals surface area contributed by atoms with Crippen LogP contribution in [0.4, 0.5) is 5.69 Å². The number of benzene rings is 2. The molecule has 0 aliphatic carbocycles. The first-order valence-electron chi connectivity index (χ1n) is 7.81. The van der Waals surface area contributed by atoms with Crippen molar-refractivity contribution in [3.8, 4) is 22.6 Å². The summed E-state index contributed by atoms with van der Waals surface area (Å²) in [6.07, 6.45) is 1.12. The van der Waals surface area contributed by atoms with Crippen molar-refractivity contribution in [3.63, 3.8) is 0 Å². The zero-order valence-electron chi connectivity index (χ0n) is 14.3. The van der Waals surface area contributed by atoms with Gasteiger partial charge in [-0.3, -0.25) is 4.79 Å². The van der Waals surface area contributed by atoms with Gasteiger partial charge in [-0.05, 0) is 30.2 Å². The minimum absolute atomic E-state index is 0.190. The predicted molar refractivity (Wildman–Crippen MR) is 94.7 cm³/mol. The van der Waals surface area contributed by atoms with E-state index in [1.54, 1.807) is 14.2 Å². The Balaban J connectivity index is 2.15. The zero-order chi connectivity index (χ0) is 17.4. The third-order valence-corrected chi connectivity index (χ3v) is 3.72. The van der Waals surface area contributed by atoms with Gasteiger partial charge in [-0.25, -0.2) is 0 Å². The molecule has 0 amide bonds. The quantitative estimate of drug-likeness (QED) is 0.591. The summed E-state index contributed by atoms with van der Waals surface area (Å²) in [4.78, 5) is 11.2. The lowest BCUT2D eigenvalue weighted by atomic mass is 10.0. The van der Waals surface area contributed by atoms with Gasteiger partial charge in [0.25, 0.3) is 0 Å². The molecule has 5 heteroatoms. The number of ether oxygens (including phenoxy) is 3. The largest absolute Gasteiger partial charge is 0.493 e. The molecule has 128 valence electrons. The van der Waals surface area contributed by atoms with Crippen molar-refractivity contribution in [2.75, 3.05) is 33.2 Å². The van der Waals surface area contributed by atoms with Crippen LogP contribution in [0.25, 0.3) is 11.1 Å². The molecule has 0 saturated heterocycles. The van der Waals surface area contributed by atoms with E-state index in [9.17, 15) is 4.79 Å². The van der Waals surface area contributed by atoms with Crippen LogP contribution in [0.2, 0.25) is 0 Å². The van der Waals surface area contributed by atoms with Gasteiger partial charge >= 0.3 is 5.97 Å². The minimum atomic E-state index is -0.190. The SMILES string of the molecule is COC(=O)CCCNc1ccccc1-c1ccc(OC)c(OC)c1. The number of anilines is 1. The fourth-order valence-electron chi connectivity index (χ4n) is 2.45. The van der Waals surface area contributed by atoms with E-state index in [1.807, 2.05) is 42.5 Å². The Labute approximate surface area is 142 Å². The van der Waals surface area contributed by atoms with Gasteiger partial charge in [0.1, 0.15) is 0 Å². The molecule has 0 heterocycles. The van der Waals surface area contributed by atoms with Gasteiger partial charge in [0.2, 0.25) is 0 Å². The highest BCUT2D eigenvalue weighted by molar-refractivity contribution is 5.79. The second-order valence-electron chi connectivity index (χ2n) is 5.22. The van der Waals surface area contributed by atoms with E-state index in [-0.39, 0.29) is 5.97 Å². The summed E-state index contributed by atoms with van der Waals surface area (Å²) in [6.45, 7) is 0.694. The van der Waals surface area contributed by atoms with Crippen molar-refractivity contribution in [1.82, 2.24) is 0 Å². The van der Waals surface area contributed by atoms with E-state index in [2.05, 4.69) is 10.1 Å². The van der Waals surface area contributed by atoms with E-state index in [1.165, 1.54) is 7.11 Å². The van der Waals surface area contributed by atoms with Gasteiger partial charge in [-0.1, -0.05) is 24.3 Å². The summed E-state index contributed by atoms with van der Waals surface area (Å²) in [6, 6.07) is 13.9. The van der Waals surface area contributed by atoms with E-state index in [4.69, 9.17) is 9.47 Å². The van der Waals surface area contributed by atoms with Gasteiger partial charge in [-0.2, -0.15) is 0 Å². The number of para-hydroxylation sites is 1. The van der Waals surface area contributed by atoms with Crippen molar-refractivity contribution < 1.29 is 19.0 Å². The second kappa shape index (κ2) is 8.82. The van der Waals surface area contributed by atoms with Gasteiger partial charge in [0.05, 0.1) is 21.3 Å². The molecule has 2 rings (SSSR count). The number of hydrogen-bond donors (Lipinski definition) is 1. The minimum Gasteiger partial charge on any atom is -0.493 e. The molecule has 5 nitrogen and oxygen atoms in total. The van der Waals surface area contributed by atoms with Crippen LogP contribution >= 0.6 is 0 Å². The van der Waals surface area contributed by atoms with Gasteiger partial charge in [0, 0.05) is 24.2 Å². The maximum absolute atomic E-state index is 11.2. The normalized spacial score (nSPS) is 10.1. The number of nitrogens with one attached hydrogen (secondary N) is 1. The van der Waals surface area contributed by atoms with Gasteiger partial charge in [0.15, 0.2) is 11.5 Å². The molecular formula is C19H23NO4. The summed E-state index contributed by atoms with van der Waals surface area (Å²) in [7, 11) is 4.65. The van der Waals surface area contributed by atoms with Crippen molar-refractivity contribution >= 4 is 11.7 Å². The number of methoxy groups -OCH3 is 3. The van der Waals surface area contributed by atoms with E-state index in [0.717, 1.165) is 16.8 Å². The first-order valence-corrected chi connectivity index (χ1v) is 7.81. The molecule has 0 aliphatic heterocycles. The Morgan fingerprint density at radius 3 is 2.46 bits per heavy atom. The number of esters is 1. The summed E-state index contributed by atoms with van der Waals surface area (Å²) < 4.78 is 15.3. The first-order chi connectivity index (χ1) is 11.7. The molecule has 0 aromatic heterocycles. The van der Waals surface area contributed by atoms with Crippen LogP contribution < -0.4 is 14.8 Å². The first kappa shape index (κ1) is 17.7. The van der Waals surface area contributed by atoms with Crippen molar-refractivity contribution in [2.45, 2.75) is 12.8 Å². The standard InChI is InChI=1S/C19H23NO4/c1-22-17-11-10-14(13-18(17)23-2)15-7-4-5-8-16(15)20-12-6-9-19(21)24-3/h4-5,7-8,10-11,13,20H,6,9,12H2,1-3H3. The fraction of sp³-hybridized carbons (Fsp3) is 0.316. The molecule has 0 atom stereocenters. The summed E-state index contributed by atoms with van der Waals surface area (Å²) in [5.74, 6) is 1.20. The summed E-state index contributed by atoms with van der Waals surface area (Å²) in [5, 5.41) is 3.38.